The fourth-order valence-electron chi connectivity index (χ4n) is 2.01. The second-order valence-electron chi connectivity index (χ2n) is 3.24. The molecule has 3 aliphatic rings. The maximum absolute atomic E-state index is 8.99. The molecule has 2 fully saturated rings. The summed E-state index contributed by atoms with van der Waals surface area (Å²) in [6, 6.07) is 0. The quantitative estimate of drug-likeness (QED) is 0.520. The Morgan fingerprint density at radius 3 is 3.36 bits per heavy atom. The van der Waals surface area contributed by atoms with Crippen LogP contribution in [0.3, 0.4) is 0 Å². The van der Waals surface area contributed by atoms with Crippen molar-refractivity contribution in [2.75, 3.05) is 13.2 Å². The van der Waals surface area contributed by atoms with Crippen molar-refractivity contribution in [2.45, 2.75) is 12.3 Å². The normalized spacial score (nSPS) is 43.9. The number of nitrogens with zero attached hydrogens (tertiary/aromatic N) is 2. The van der Waals surface area contributed by atoms with Crippen LogP contribution in [0.15, 0.2) is 23.9 Å². The van der Waals surface area contributed by atoms with Crippen LogP contribution in [0.25, 0.3) is 0 Å². The molecular formula is C8H10N2O. The third-order valence-electron chi connectivity index (χ3n) is 2.65. The van der Waals surface area contributed by atoms with Crippen molar-refractivity contribution in [2.24, 2.45) is 0 Å². The summed E-state index contributed by atoms with van der Waals surface area (Å²) < 4.78 is 0. The van der Waals surface area contributed by atoms with Gasteiger partial charge in [0.1, 0.15) is 6.17 Å². The SMILES string of the molecule is OCC1=CC=CN2C3CN3C12. The van der Waals surface area contributed by atoms with Crippen LogP contribution in [0.5, 0.6) is 0 Å². The molecule has 3 nitrogen and oxygen atoms in total. The van der Waals surface area contributed by atoms with Crippen LogP contribution < -0.4 is 0 Å². The number of hydrogen-bond donors (Lipinski definition) is 1. The van der Waals surface area contributed by atoms with Crippen LogP contribution in [-0.4, -0.2) is 40.4 Å². The molecule has 3 aliphatic heterocycles. The maximum atomic E-state index is 8.99. The first-order valence-electron chi connectivity index (χ1n) is 3.93. The summed E-state index contributed by atoms with van der Waals surface area (Å²) in [7, 11) is 0. The second-order valence-corrected chi connectivity index (χ2v) is 3.24. The fourth-order valence-corrected chi connectivity index (χ4v) is 2.01. The van der Waals surface area contributed by atoms with Gasteiger partial charge in [-0.05, 0) is 11.6 Å². The summed E-state index contributed by atoms with van der Waals surface area (Å²) in [6.07, 6.45) is 7.19. The van der Waals surface area contributed by atoms with Gasteiger partial charge in [0.05, 0.1) is 12.8 Å². The smallest absolute Gasteiger partial charge is 0.109 e. The predicted molar refractivity (Wildman–Crippen MR) is 40.4 cm³/mol. The van der Waals surface area contributed by atoms with Crippen molar-refractivity contribution in [1.82, 2.24) is 9.80 Å². The van der Waals surface area contributed by atoms with Crippen molar-refractivity contribution >= 4 is 0 Å². The second kappa shape index (κ2) is 1.68. The molecule has 0 aromatic rings. The van der Waals surface area contributed by atoms with E-state index in [1.54, 1.807) is 0 Å². The first kappa shape index (κ1) is 5.80. The van der Waals surface area contributed by atoms with E-state index in [0.29, 0.717) is 12.3 Å². The van der Waals surface area contributed by atoms with E-state index in [1.165, 1.54) is 6.54 Å². The molecule has 3 unspecified atom stereocenters. The van der Waals surface area contributed by atoms with Gasteiger partial charge in [-0.3, -0.25) is 4.90 Å². The van der Waals surface area contributed by atoms with E-state index in [4.69, 9.17) is 5.11 Å². The maximum Gasteiger partial charge on any atom is 0.109 e. The molecule has 11 heavy (non-hydrogen) atoms. The number of rotatable bonds is 1. The van der Waals surface area contributed by atoms with E-state index in [1.807, 2.05) is 12.2 Å². The molecular weight excluding hydrogens is 140 g/mol. The molecule has 1 N–H and O–H groups in total. The topological polar surface area (TPSA) is 26.5 Å². The zero-order valence-electron chi connectivity index (χ0n) is 6.14. The molecule has 58 valence electrons. The van der Waals surface area contributed by atoms with Gasteiger partial charge in [-0.15, -0.1) is 0 Å². The predicted octanol–water partition coefficient (Wildman–Crippen LogP) is -0.284. The third kappa shape index (κ3) is 0.559. The van der Waals surface area contributed by atoms with E-state index >= 15 is 0 Å². The van der Waals surface area contributed by atoms with Crippen LogP contribution in [-0.2, 0) is 0 Å². The highest BCUT2D eigenvalue weighted by atomic mass is 16.3. The number of fused-ring (bicyclic) bond motifs is 4. The van der Waals surface area contributed by atoms with Gasteiger partial charge in [-0.1, -0.05) is 6.08 Å². The minimum atomic E-state index is 0.189. The lowest BCUT2D eigenvalue weighted by Gasteiger charge is -2.43. The average Bonchev–Trinajstić information content (AvgIpc) is 2.73. The van der Waals surface area contributed by atoms with Gasteiger partial charge in [-0.2, -0.15) is 0 Å². The highest BCUT2D eigenvalue weighted by Gasteiger charge is 2.58. The number of allylic oxidation sites excluding steroid dienone is 2. The average molecular weight is 150 g/mol. The lowest BCUT2D eigenvalue weighted by molar-refractivity contribution is 0.0486. The molecule has 0 saturated carbocycles. The van der Waals surface area contributed by atoms with Gasteiger partial charge >= 0.3 is 0 Å². The van der Waals surface area contributed by atoms with Crippen molar-refractivity contribution in [1.29, 1.82) is 0 Å². The Labute approximate surface area is 65.2 Å². The van der Waals surface area contributed by atoms with Gasteiger partial charge in [0.2, 0.25) is 0 Å². The molecule has 3 heterocycles. The van der Waals surface area contributed by atoms with Crippen molar-refractivity contribution < 1.29 is 5.11 Å². The Morgan fingerprint density at radius 2 is 2.55 bits per heavy atom. The van der Waals surface area contributed by atoms with Crippen molar-refractivity contribution in [3.8, 4) is 0 Å². The minimum absolute atomic E-state index is 0.189. The van der Waals surface area contributed by atoms with Gasteiger partial charge in [0.25, 0.3) is 0 Å². The van der Waals surface area contributed by atoms with E-state index in [9.17, 15) is 0 Å². The molecule has 2 saturated heterocycles. The third-order valence-corrected chi connectivity index (χ3v) is 2.65. The monoisotopic (exact) mass is 150 g/mol. The molecule has 0 bridgehead atoms. The Morgan fingerprint density at radius 1 is 1.64 bits per heavy atom. The molecule has 3 atom stereocenters. The first-order chi connectivity index (χ1) is 5.42. The minimum Gasteiger partial charge on any atom is -0.392 e. The molecule has 3 rings (SSSR count). The van der Waals surface area contributed by atoms with E-state index in [2.05, 4.69) is 16.0 Å². The van der Waals surface area contributed by atoms with Gasteiger partial charge in [0.15, 0.2) is 0 Å². The molecule has 0 radical (unpaired) electrons. The van der Waals surface area contributed by atoms with Crippen LogP contribution in [0.4, 0.5) is 0 Å². The first-order valence-corrected chi connectivity index (χ1v) is 3.93. The number of aliphatic hydroxyl groups is 1. The Hall–Kier alpha value is -0.800. The highest BCUT2D eigenvalue weighted by Crippen LogP contribution is 2.43. The van der Waals surface area contributed by atoms with Gasteiger partial charge < -0.3 is 10.0 Å². The molecule has 0 aromatic carbocycles. The Kier molecular flexibility index (Phi) is 0.885. The summed E-state index contributed by atoms with van der Waals surface area (Å²) >= 11 is 0. The summed E-state index contributed by atoms with van der Waals surface area (Å²) in [5.41, 5.74) is 1.13. The Balaban J connectivity index is 1.93. The largest absolute Gasteiger partial charge is 0.392 e. The summed E-state index contributed by atoms with van der Waals surface area (Å²) in [6.45, 7) is 1.36. The zero-order valence-corrected chi connectivity index (χ0v) is 6.14. The number of aliphatic hydroxyl groups excluding tert-OH is 1. The highest BCUT2D eigenvalue weighted by molar-refractivity contribution is 5.31. The number of hydrogen-bond acceptors (Lipinski definition) is 3. The summed E-state index contributed by atoms with van der Waals surface area (Å²) in [4.78, 5) is 4.66. The molecule has 0 aliphatic carbocycles. The summed E-state index contributed by atoms with van der Waals surface area (Å²) in [5.74, 6) is 0. The van der Waals surface area contributed by atoms with Crippen LogP contribution >= 0.6 is 0 Å². The molecule has 0 aromatic heterocycles. The van der Waals surface area contributed by atoms with E-state index < -0.39 is 0 Å². The van der Waals surface area contributed by atoms with Crippen molar-refractivity contribution in [3.63, 3.8) is 0 Å². The van der Waals surface area contributed by atoms with Crippen LogP contribution in [0.2, 0.25) is 0 Å². The standard InChI is InChI=1S/C8H10N2O/c11-5-6-2-1-3-9-7-4-10(7)8(6)9/h1-3,7-8,11H,4-5H2. The molecule has 3 heteroatoms. The van der Waals surface area contributed by atoms with E-state index in [0.717, 1.165) is 5.57 Å². The van der Waals surface area contributed by atoms with E-state index in [-0.39, 0.29) is 6.61 Å². The fraction of sp³-hybridized carbons (Fsp3) is 0.500. The molecule has 0 amide bonds. The van der Waals surface area contributed by atoms with Crippen LogP contribution in [0.1, 0.15) is 0 Å². The van der Waals surface area contributed by atoms with Gasteiger partial charge in [-0.25, -0.2) is 0 Å². The lowest BCUT2D eigenvalue weighted by Crippen LogP contribution is -2.53. The zero-order chi connectivity index (χ0) is 7.42. The molecule has 0 spiro atoms. The lowest BCUT2D eigenvalue weighted by atomic mass is 10.1. The van der Waals surface area contributed by atoms with Crippen molar-refractivity contribution in [3.05, 3.63) is 23.9 Å². The van der Waals surface area contributed by atoms with Crippen LogP contribution in [0, 0.1) is 0 Å². The van der Waals surface area contributed by atoms with Gasteiger partial charge in [0, 0.05) is 12.7 Å². The summed E-state index contributed by atoms with van der Waals surface area (Å²) in [5, 5.41) is 8.99. The Bertz CT molecular complexity index is 259.